The zero-order chi connectivity index (χ0) is 12.5. The fourth-order valence-corrected chi connectivity index (χ4v) is 1.90. The quantitative estimate of drug-likeness (QED) is 0.728. The van der Waals surface area contributed by atoms with E-state index in [2.05, 4.69) is 0 Å². The second kappa shape index (κ2) is 4.11. The third kappa shape index (κ3) is 1.80. The first-order valence-electron chi connectivity index (χ1n) is 5.68. The molecule has 0 spiro atoms. The van der Waals surface area contributed by atoms with Gasteiger partial charge in [0.15, 0.2) is 17.1 Å². The smallest absolute Gasteiger partial charge is 0.180 e. The van der Waals surface area contributed by atoms with Gasteiger partial charge in [-0.15, -0.1) is 0 Å². The number of benzene rings is 2. The molecule has 3 aromatic rings. The van der Waals surface area contributed by atoms with E-state index in [1.165, 1.54) is 6.26 Å². The predicted octanol–water partition coefficient (Wildman–Crippen LogP) is 4.24. The highest BCUT2D eigenvalue weighted by molar-refractivity contribution is 5.88. The van der Waals surface area contributed by atoms with Crippen LogP contribution in [0.3, 0.4) is 0 Å². The molecule has 0 aliphatic carbocycles. The minimum atomic E-state index is 0.125. The lowest BCUT2D eigenvalue weighted by atomic mass is 10.2. The van der Waals surface area contributed by atoms with E-state index in [1.54, 1.807) is 6.07 Å². The number of ether oxygens (including phenoxy) is 1. The van der Waals surface area contributed by atoms with Crippen LogP contribution in [0.5, 0.6) is 17.2 Å². The van der Waals surface area contributed by atoms with Crippen molar-refractivity contribution in [3.8, 4) is 17.2 Å². The zero-order valence-electron chi connectivity index (χ0n) is 9.88. The SMILES string of the molecule is Cc1cccc(Oc2cccc3c(O)coc23)c1. The van der Waals surface area contributed by atoms with Crippen molar-refractivity contribution in [2.24, 2.45) is 0 Å². The lowest BCUT2D eigenvalue weighted by Crippen LogP contribution is -1.85. The summed E-state index contributed by atoms with van der Waals surface area (Å²) in [5.41, 5.74) is 1.68. The van der Waals surface area contributed by atoms with Crippen LogP contribution < -0.4 is 4.74 Å². The number of rotatable bonds is 2. The van der Waals surface area contributed by atoms with E-state index in [4.69, 9.17) is 9.15 Å². The Bertz CT molecular complexity index is 698. The van der Waals surface area contributed by atoms with E-state index in [1.807, 2.05) is 43.3 Å². The second-order valence-corrected chi connectivity index (χ2v) is 4.17. The van der Waals surface area contributed by atoms with Gasteiger partial charge in [-0.2, -0.15) is 0 Å². The average Bonchev–Trinajstić information content (AvgIpc) is 2.73. The van der Waals surface area contributed by atoms with Crippen LogP contribution in [0.2, 0.25) is 0 Å². The van der Waals surface area contributed by atoms with Crippen molar-refractivity contribution in [3.05, 3.63) is 54.3 Å². The highest BCUT2D eigenvalue weighted by atomic mass is 16.5. The monoisotopic (exact) mass is 240 g/mol. The summed E-state index contributed by atoms with van der Waals surface area (Å²) in [5.74, 6) is 1.47. The standard InChI is InChI=1S/C15H12O3/c1-10-4-2-5-11(8-10)18-14-7-3-6-12-13(16)9-17-15(12)14/h2-9,16H,1H3. The van der Waals surface area contributed by atoms with E-state index < -0.39 is 0 Å². The van der Waals surface area contributed by atoms with Crippen molar-refractivity contribution < 1.29 is 14.3 Å². The van der Waals surface area contributed by atoms with Gasteiger partial charge in [0.05, 0.1) is 5.39 Å². The molecule has 3 nitrogen and oxygen atoms in total. The minimum absolute atomic E-state index is 0.125. The van der Waals surface area contributed by atoms with Gasteiger partial charge in [-0.05, 0) is 36.8 Å². The molecule has 0 saturated carbocycles. The Kier molecular flexibility index (Phi) is 2.45. The molecule has 0 bridgehead atoms. The molecule has 0 atom stereocenters. The van der Waals surface area contributed by atoms with Crippen LogP contribution >= 0.6 is 0 Å². The van der Waals surface area contributed by atoms with Crippen molar-refractivity contribution in [2.75, 3.05) is 0 Å². The van der Waals surface area contributed by atoms with E-state index >= 15 is 0 Å². The summed E-state index contributed by atoms with van der Waals surface area (Å²) in [6, 6.07) is 13.2. The third-order valence-electron chi connectivity index (χ3n) is 2.76. The Morgan fingerprint density at radius 3 is 2.78 bits per heavy atom. The average molecular weight is 240 g/mol. The van der Waals surface area contributed by atoms with Gasteiger partial charge in [0.25, 0.3) is 0 Å². The molecule has 3 rings (SSSR count). The summed E-state index contributed by atoms with van der Waals surface area (Å²) >= 11 is 0. The van der Waals surface area contributed by atoms with Crippen molar-refractivity contribution in [1.82, 2.24) is 0 Å². The van der Waals surface area contributed by atoms with Crippen LogP contribution in [0.15, 0.2) is 53.1 Å². The van der Waals surface area contributed by atoms with Gasteiger partial charge >= 0.3 is 0 Å². The topological polar surface area (TPSA) is 42.6 Å². The normalized spacial score (nSPS) is 10.7. The molecular formula is C15H12O3. The molecule has 1 aromatic heterocycles. The Morgan fingerprint density at radius 1 is 1.11 bits per heavy atom. The summed E-state index contributed by atoms with van der Waals surface area (Å²) in [5, 5.41) is 10.2. The fraction of sp³-hybridized carbons (Fsp3) is 0.0667. The van der Waals surface area contributed by atoms with Gasteiger partial charge in [0.2, 0.25) is 0 Å². The van der Waals surface area contributed by atoms with Crippen LogP contribution in [-0.4, -0.2) is 5.11 Å². The summed E-state index contributed by atoms with van der Waals surface area (Å²) < 4.78 is 11.1. The zero-order valence-corrected chi connectivity index (χ0v) is 9.88. The van der Waals surface area contributed by atoms with Crippen LogP contribution in [0.1, 0.15) is 5.56 Å². The van der Waals surface area contributed by atoms with Crippen molar-refractivity contribution >= 4 is 11.0 Å². The number of fused-ring (bicyclic) bond motifs is 1. The molecule has 0 amide bonds. The summed E-state index contributed by atoms with van der Waals surface area (Å²) in [7, 11) is 0. The van der Waals surface area contributed by atoms with Crippen LogP contribution in [0, 0.1) is 6.92 Å². The van der Waals surface area contributed by atoms with Gasteiger partial charge in [-0.3, -0.25) is 0 Å². The molecule has 3 heteroatoms. The molecule has 0 saturated heterocycles. The number of furan rings is 1. The number of para-hydroxylation sites is 1. The van der Waals surface area contributed by atoms with Crippen LogP contribution in [-0.2, 0) is 0 Å². The Balaban J connectivity index is 2.05. The van der Waals surface area contributed by atoms with Gasteiger partial charge in [0, 0.05) is 0 Å². The molecule has 18 heavy (non-hydrogen) atoms. The van der Waals surface area contributed by atoms with Gasteiger partial charge < -0.3 is 14.3 Å². The molecule has 0 aliphatic heterocycles. The molecule has 1 heterocycles. The maximum absolute atomic E-state index is 9.60. The Morgan fingerprint density at radius 2 is 1.94 bits per heavy atom. The first-order valence-corrected chi connectivity index (χ1v) is 5.68. The van der Waals surface area contributed by atoms with Crippen molar-refractivity contribution in [3.63, 3.8) is 0 Å². The maximum Gasteiger partial charge on any atom is 0.180 e. The second-order valence-electron chi connectivity index (χ2n) is 4.17. The lowest BCUT2D eigenvalue weighted by molar-refractivity contribution is 0.457. The Hall–Kier alpha value is -2.42. The van der Waals surface area contributed by atoms with Gasteiger partial charge in [0.1, 0.15) is 12.0 Å². The number of aryl methyl sites for hydroxylation is 1. The molecule has 2 aromatic carbocycles. The van der Waals surface area contributed by atoms with Gasteiger partial charge in [-0.1, -0.05) is 18.2 Å². The molecule has 90 valence electrons. The molecule has 0 aliphatic rings. The summed E-state index contributed by atoms with van der Waals surface area (Å²) in [6.07, 6.45) is 1.31. The Labute approximate surface area is 104 Å². The van der Waals surface area contributed by atoms with Crippen molar-refractivity contribution in [1.29, 1.82) is 0 Å². The van der Waals surface area contributed by atoms with E-state index in [0.717, 1.165) is 11.3 Å². The van der Waals surface area contributed by atoms with Gasteiger partial charge in [-0.25, -0.2) is 0 Å². The molecule has 1 N–H and O–H groups in total. The van der Waals surface area contributed by atoms with E-state index in [9.17, 15) is 5.11 Å². The third-order valence-corrected chi connectivity index (χ3v) is 2.76. The first-order chi connectivity index (χ1) is 8.74. The van der Waals surface area contributed by atoms with Crippen LogP contribution in [0.4, 0.5) is 0 Å². The molecule has 0 unspecified atom stereocenters. The summed E-state index contributed by atoms with van der Waals surface area (Å²) in [4.78, 5) is 0. The summed E-state index contributed by atoms with van der Waals surface area (Å²) in [6.45, 7) is 2.01. The van der Waals surface area contributed by atoms with Crippen molar-refractivity contribution in [2.45, 2.75) is 6.92 Å². The van der Waals surface area contributed by atoms with E-state index in [0.29, 0.717) is 16.7 Å². The largest absolute Gasteiger partial charge is 0.504 e. The number of aromatic hydroxyl groups is 1. The molecule has 0 radical (unpaired) electrons. The van der Waals surface area contributed by atoms with E-state index in [-0.39, 0.29) is 5.75 Å². The fourth-order valence-electron chi connectivity index (χ4n) is 1.90. The number of hydrogen-bond donors (Lipinski definition) is 1. The lowest BCUT2D eigenvalue weighted by Gasteiger charge is -2.06. The molecular weight excluding hydrogens is 228 g/mol. The predicted molar refractivity (Wildman–Crippen MR) is 69.1 cm³/mol. The molecule has 0 fully saturated rings. The maximum atomic E-state index is 9.60. The highest BCUT2D eigenvalue weighted by Gasteiger charge is 2.10. The highest BCUT2D eigenvalue weighted by Crippen LogP contribution is 2.35. The van der Waals surface area contributed by atoms with Crippen LogP contribution in [0.25, 0.3) is 11.0 Å². The first kappa shape index (κ1) is 10.7. The number of hydrogen-bond acceptors (Lipinski definition) is 3. The minimum Gasteiger partial charge on any atom is -0.504 e.